The van der Waals surface area contributed by atoms with Gasteiger partial charge in [-0.05, 0) is 67.6 Å². The summed E-state index contributed by atoms with van der Waals surface area (Å²) in [4.78, 5) is 12.3. The van der Waals surface area contributed by atoms with E-state index in [1.807, 2.05) is 43.3 Å². The second kappa shape index (κ2) is 7.53. The van der Waals surface area contributed by atoms with Crippen LogP contribution < -0.4 is 0 Å². The lowest BCUT2D eigenvalue weighted by Crippen LogP contribution is -1.90. The van der Waals surface area contributed by atoms with Gasteiger partial charge in [-0.25, -0.2) is 4.39 Å². The predicted octanol–water partition coefficient (Wildman–Crippen LogP) is 6.55. The lowest BCUT2D eigenvalue weighted by Gasteiger charge is -1.97. The quantitative estimate of drug-likeness (QED) is 0.295. The molecule has 0 N–H and O–H groups in total. The van der Waals surface area contributed by atoms with E-state index >= 15 is 0 Å². The Balaban J connectivity index is 1.47. The van der Waals surface area contributed by atoms with Crippen LogP contribution in [-0.4, -0.2) is 5.78 Å². The Morgan fingerprint density at radius 3 is 2.11 bits per heavy atom. The lowest BCUT2D eigenvalue weighted by atomic mass is 10.1. The molecule has 0 bridgehead atoms. The zero-order valence-electron chi connectivity index (χ0n) is 15.2. The van der Waals surface area contributed by atoms with Crippen molar-refractivity contribution < 1.29 is 18.0 Å². The van der Waals surface area contributed by atoms with Gasteiger partial charge in [-0.2, -0.15) is 0 Å². The van der Waals surface area contributed by atoms with Crippen LogP contribution in [0.15, 0.2) is 87.7 Å². The second-order valence-corrected chi connectivity index (χ2v) is 6.44. The van der Waals surface area contributed by atoms with E-state index in [9.17, 15) is 9.18 Å². The van der Waals surface area contributed by atoms with E-state index in [1.54, 1.807) is 30.3 Å². The van der Waals surface area contributed by atoms with Crippen molar-refractivity contribution >= 4 is 11.9 Å². The van der Waals surface area contributed by atoms with Gasteiger partial charge in [0.2, 0.25) is 5.78 Å². The van der Waals surface area contributed by atoms with Crippen LogP contribution in [0.25, 0.3) is 28.7 Å². The molecule has 4 aromatic rings. The van der Waals surface area contributed by atoms with Gasteiger partial charge < -0.3 is 8.83 Å². The fourth-order valence-corrected chi connectivity index (χ4v) is 2.79. The first-order valence-electron chi connectivity index (χ1n) is 8.83. The lowest BCUT2D eigenvalue weighted by molar-refractivity contribution is 0.102. The molecule has 0 saturated heterocycles. The predicted molar refractivity (Wildman–Crippen MR) is 106 cm³/mol. The summed E-state index contributed by atoms with van der Waals surface area (Å²) in [6.45, 7) is 2.03. The van der Waals surface area contributed by atoms with E-state index in [-0.39, 0.29) is 17.4 Å². The van der Waals surface area contributed by atoms with Crippen LogP contribution in [0, 0.1) is 12.7 Å². The van der Waals surface area contributed by atoms with Crippen LogP contribution in [0.4, 0.5) is 4.39 Å². The Morgan fingerprint density at radius 1 is 0.786 bits per heavy atom. The number of hydrogen-bond acceptors (Lipinski definition) is 3. The van der Waals surface area contributed by atoms with Gasteiger partial charge in [0.1, 0.15) is 23.1 Å². The van der Waals surface area contributed by atoms with Crippen molar-refractivity contribution in [1.29, 1.82) is 0 Å². The standard InChI is InChI=1S/C24H17FO3/c1-16-2-4-17(5-3-16)22-13-11-20(27-22)10-12-21(26)24-15-14-23(28-24)18-6-8-19(25)9-7-18/h2-15H,1H3. The zero-order valence-corrected chi connectivity index (χ0v) is 15.2. The minimum Gasteiger partial charge on any atom is -0.457 e. The Kier molecular flexibility index (Phi) is 4.77. The second-order valence-electron chi connectivity index (χ2n) is 6.44. The largest absolute Gasteiger partial charge is 0.457 e. The van der Waals surface area contributed by atoms with Crippen molar-refractivity contribution in [2.24, 2.45) is 0 Å². The number of rotatable bonds is 5. The fourth-order valence-electron chi connectivity index (χ4n) is 2.79. The van der Waals surface area contributed by atoms with Crippen LogP contribution >= 0.6 is 0 Å². The molecule has 2 aromatic carbocycles. The average molecular weight is 372 g/mol. The number of benzene rings is 2. The Labute approximate surface area is 161 Å². The summed E-state index contributed by atoms with van der Waals surface area (Å²) in [5.41, 5.74) is 2.87. The number of allylic oxidation sites excluding steroid dienone is 1. The average Bonchev–Trinajstić information content (AvgIpc) is 3.37. The highest BCUT2D eigenvalue weighted by atomic mass is 19.1. The first kappa shape index (κ1) is 17.7. The maximum Gasteiger partial charge on any atom is 0.221 e. The zero-order chi connectivity index (χ0) is 19.5. The molecule has 0 atom stereocenters. The summed E-state index contributed by atoms with van der Waals surface area (Å²) in [5, 5.41) is 0. The highest BCUT2D eigenvalue weighted by molar-refractivity contribution is 6.05. The van der Waals surface area contributed by atoms with Crippen molar-refractivity contribution in [3.63, 3.8) is 0 Å². The molecule has 138 valence electrons. The van der Waals surface area contributed by atoms with Gasteiger partial charge in [0.15, 0.2) is 5.76 Å². The number of carbonyl (C=O) groups is 1. The van der Waals surface area contributed by atoms with E-state index < -0.39 is 0 Å². The number of hydrogen-bond donors (Lipinski definition) is 0. The molecule has 0 amide bonds. The molecule has 0 fully saturated rings. The molecule has 4 heteroatoms. The number of furan rings is 2. The van der Waals surface area contributed by atoms with Gasteiger partial charge in [-0.1, -0.05) is 29.8 Å². The van der Waals surface area contributed by atoms with Gasteiger partial charge in [0.05, 0.1) is 0 Å². The van der Waals surface area contributed by atoms with E-state index in [4.69, 9.17) is 8.83 Å². The molecule has 0 spiro atoms. The normalized spacial score (nSPS) is 11.2. The molecule has 4 rings (SSSR count). The van der Waals surface area contributed by atoms with Crippen LogP contribution in [0.2, 0.25) is 0 Å². The molecule has 2 aromatic heterocycles. The molecule has 0 radical (unpaired) electrons. The summed E-state index contributed by atoms with van der Waals surface area (Å²) in [6.07, 6.45) is 3.02. The Bertz CT molecular complexity index is 1130. The highest BCUT2D eigenvalue weighted by Gasteiger charge is 2.10. The number of carbonyl (C=O) groups excluding carboxylic acids is 1. The van der Waals surface area contributed by atoms with E-state index in [2.05, 4.69) is 0 Å². The number of halogens is 1. The first-order valence-corrected chi connectivity index (χ1v) is 8.83. The van der Waals surface area contributed by atoms with E-state index in [1.165, 1.54) is 23.8 Å². The molecule has 28 heavy (non-hydrogen) atoms. The molecular weight excluding hydrogens is 355 g/mol. The third kappa shape index (κ3) is 3.86. The Morgan fingerprint density at radius 2 is 1.39 bits per heavy atom. The van der Waals surface area contributed by atoms with Crippen LogP contribution in [0.1, 0.15) is 21.9 Å². The maximum atomic E-state index is 13.0. The number of aryl methyl sites for hydroxylation is 1. The maximum absolute atomic E-state index is 13.0. The minimum atomic E-state index is -0.321. The monoisotopic (exact) mass is 372 g/mol. The third-order valence-electron chi connectivity index (χ3n) is 4.34. The molecule has 0 saturated carbocycles. The van der Waals surface area contributed by atoms with Gasteiger partial charge in [-0.3, -0.25) is 4.79 Å². The fraction of sp³-hybridized carbons (Fsp3) is 0.0417. The minimum absolute atomic E-state index is 0.209. The molecular formula is C24H17FO3. The Hall–Kier alpha value is -3.66. The summed E-state index contributed by atoms with van der Waals surface area (Å²) in [6, 6.07) is 20.9. The van der Waals surface area contributed by atoms with Crippen molar-refractivity contribution in [2.75, 3.05) is 0 Å². The van der Waals surface area contributed by atoms with Crippen molar-refractivity contribution in [3.05, 3.63) is 102 Å². The van der Waals surface area contributed by atoms with Crippen LogP contribution in [0.5, 0.6) is 0 Å². The van der Waals surface area contributed by atoms with E-state index in [0.717, 1.165) is 11.3 Å². The van der Waals surface area contributed by atoms with Crippen molar-refractivity contribution in [1.82, 2.24) is 0 Å². The molecule has 0 unspecified atom stereocenters. The SMILES string of the molecule is Cc1ccc(-c2ccc(C=CC(=O)c3ccc(-c4ccc(F)cc4)o3)o2)cc1. The molecule has 3 nitrogen and oxygen atoms in total. The van der Waals surface area contributed by atoms with Crippen molar-refractivity contribution in [3.8, 4) is 22.6 Å². The highest BCUT2D eigenvalue weighted by Crippen LogP contribution is 2.25. The first-order chi connectivity index (χ1) is 13.6. The van der Waals surface area contributed by atoms with Gasteiger partial charge in [0.25, 0.3) is 0 Å². The van der Waals surface area contributed by atoms with E-state index in [0.29, 0.717) is 17.1 Å². The van der Waals surface area contributed by atoms with Crippen molar-refractivity contribution in [2.45, 2.75) is 6.92 Å². The van der Waals surface area contributed by atoms with Gasteiger partial charge >= 0.3 is 0 Å². The summed E-state index contributed by atoms with van der Waals surface area (Å²) < 4.78 is 24.4. The van der Waals surface area contributed by atoms with Gasteiger partial charge in [0, 0.05) is 11.1 Å². The molecule has 2 heterocycles. The third-order valence-corrected chi connectivity index (χ3v) is 4.34. The van der Waals surface area contributed by atoms with Gasteiger partial charge in [-0.15, -0.1) is 0 Å². The van der Waals surface area contributed by atoms with Crippen LogP contribution in [-0.2, 0) is 0 Å². The topological polar surface area (TPSA) is 43.4 Å². The summed E-state index contributed by atoms with van der Waals surface area (Å²) in [5.74, 6) is 1.44. The number of ketones is 1. The smallest absolute Gasteiger partial charge is 0.221 e. The summed E-state index contributed by atoms with van der Waals surface area (Å²) in [7, 11) is 0. The molecule has 0 aliphatic heterocycles. The molecule has 0 aliphatic rings. The van der Waals surface area contributed by atoms with Crippen LogP contribution in [0.3, 0.4) is 0 Å². The summed E-state index contributed by atoms with van der Waals surface area (Å²) >= 11 is 0. The molecule has 0 aliphatic carbocycles.